The summed E-state index contributed by atoms with van der Waals surface area (Å²) in [5, 5.41) is 5.68. The van der Waals surface area contributed by atoms with E-state index in [4.69, 9.17) is 0 Å². The Kier molecular flexibility index (Phi) is 6.02. The predicted octanol–water partition coefficient (Wildman–Crippen LogP) is 0.762. The molecule has 0 aromatic heterocycles. The number of carbonyl (C=O) groups is 2. The Hall–Kier alpha value is -1.88. The highest BCUT2D eigenvalue weighted by molar-refractivity contribution is 5.83. The maximum absolute atomic E-state index is 11.5. The summed E-state index contributed by atoms with van der Waals surface area (Å²) >= 11 is 0. The SMILES string of the molecule is COC(=O)C(CNCc1ccc(C)cc1)NC(C)=O. The van der Waals surface area contributed by atoms with Gasteiger partial charge in [-0.1, -0.05) is 29.8 Å². The van der Waals surface area contributed by atoms with Crippen molar-refractivity contribution in [1.29, 1.82) is 0 Å². The largest absolute Gasteiger partial charge is 0.467 e. The molecule has 0 aliphatic rings. The quantitative estimate of drug-likeness (QED) is 0.745. The van der Waals surface area contributed by atoms with E-state index in [-0.39, 0.29) is 5.91 Å². The molecule has 0 fully saturated rings. The molecule has 0 spiro atoms. The number of hydrogen-bond donors (Lipinski definition) is 2. The van der Waals surface area contributed by atoms with Gasteiger partial charge >= 0.3 is 5.97 Å². The number of nitrogens with one attached hydrogen (secondary N) is 2. The van der Waals surface area contributed by atoms with E-state index < -0.39 is 12.0 Å². The van der Waals surface area contributed by atoms with Crippen LogP contribution >= 0.6 is 0 Å². The van der Waals surface area contributed by atoms with Crippen LogP contribution in [0.2, 0.25) is 0 Å². The molecule has 0 aliphatic carbocycles. The monoisotopic (exact) mass is 264 g/mol. The summed E-state index contributed by atoms with van der Waals surface area (Å²) in [5.41, 5.74) is 2.33. The number of aryl methyl sites for hydroxylation is 1. The van der Waals surface area contributed by atoms with Gasteiger partial charge in [-0.25, -0.2) is 4.79 Å². The van der Waals surface area contributed by atoms with Gasteiger partial charge in [0.15, 0.2) is 0 Å². The number of amides is 1. The number of esters is 1. The van der Waals surface area contributed by atoms with Gasteiger partial charge in [0, 0.05) is 20.0 Å². The molecule has 0 saturated carbocycles. The summed E-state index contributed by atoms with van der Waals surface area (Å²) in [4.78, 5) is 22.5. The molecule has 1 rings (SSSR count). The second-order valence-corrected chi connectivity index (χ2v) is 4.39. The van der Waals surface area contributed by atoms with Gasteiger partial charge in [-0.3, -0.25) is 4.79 Å². The highest BCUT2D eigenvalue weighted by Crippen LogP contribution is 2.02. The Morgan fingerprint density at radius 2 is 1.89 bits per heavy atom. The maximum Gasteiger partial charge on any atom is 0.329 e. The Morgan fingerprint density at radius 1 is 1.26 bits per heavy atom. The molecule has 0 heterocycles. The summed E-state index contributed by atoms with van der Waals surface area (Å²) in [6, 6.07) is 7.44. The van der Waals surface area contributed by atoms with Crippen molar-refractivity contribution < 1.29 is 14.3 Å². The molecule has 0 saturated heterocycles. The van der Waals surface area contributed by atoms with E-state index in [0.717, 1.165) is 5.56 Å². The fraction of sp³-hybridized carbons (Fsp3) is 0.429. The molecule has 19 heavy (non-hydrogen) atoms. The first kappa shape index (κ1) is 15.2. The van der Waals surface area contributed by atoms with Crippen LogP contribution < -0.4 is 10.6 Å². The lowest BCUT2D eigenvalue weighted by molar-refractivity contribution is -0.144. The first-order valence-corrected chi connectivity index (χ1v) is 6.14. The molecule has 2 N–H and O–H groups in total. The van der Waals surface area contributed by atoms with Crippen molar-refractivity contribution >= 4 is 11.9 Å². The van der Waals surface area contributed by atoms with E-state index in [0.29, 0.717) is 13.1 Å². The van der Waals surface area contributed by atoms with Crippen LogP contribution in [-0.2, 0) is 20.9 Å². The molecule has 0 radical (unpaired) electrons. The number of rotatable bonds is 6. The number of carbonyl (C=O) groups excluding carboxylic acids is 2. The first-order valence-electron chi connectivity index (χ1n) is 6.14. The summed E-state index contributed by atoms with van der Waals surface area (Å²) < 4.78 is 4.64. The molecule has 104 valence electrons. The molecule has 1 amide bonds. The number of methoxy groups -OCH3 is 1. The van der Waals surface area contributed by atoms with E-state index in [1.165, 1.54) is 19.6 Å². The number of benzene rings is 1. The van der Waals surface area contributed by atoms with E-state index >= 15 is 0 Å². The van der Waals surface area contributed by atoms with Crippen LogP contribution in [0.4, 0.5) is 0 Å². The standard InChI is InChI=1S/C14H20N2O3/c1-10-4-6-12(7-5-10)8-15-9-13(14(18)19-3)16-11(2)17/h4-7,13,15H,8-9H2,1-3H3,(H,16,17). The van der Waals surface area contributed by atoms with E-state index in [1.54, 1.807) is 0 Å². The Bertz CT molecular complexity index is 429. The van der Waals surface area contributed by atoms with Crippen molar-refractivity contribution in [3.05, 3.63) is 35.4 Å². The Balaban J connectivity index is 2.45. The molecule has 1 atom stereocenters. The van der Waals surface area contributed by atoms with Gasteiger partial charge in [0.2, 0.25) is 5.91 Å². The molecule has 0 bridgehead atoms. The minimum atomic E-state index is -0.659. The fourth-order valence-electron chi connectivity index (χ4n) is 1.65. The van der Waals surface area contributed by atoms with Crippen LogP contribution in [0.5, 0.6) is 0 Å². The highest BCUT2D eigenvalue weighted by Gasteiger charge is 2.19. The van der Waals surface area contributed by atoms with Crippen molar-refractivity contribution in [2.75, 3.05) is 13.7 Å². The van der Waals surface area contributed by atoms with Crippen LogP contribution in [0.15, 0.2) is 24.3 Å². The molecular formula is C14H20N2O3. The third kappa shape index (κ3) is 5.52. The van der Waals surface area contributed by atoms with E-state index in [1.807, 2.05) is 31.2 Å². The molecule has 5 heteroatoms. The summed E-state index contributed by atoms with van der Waals surface area (Å²) in [6.45, 7) is 4.37. The predicted molar refractivity (Wildman–Crippen MR) is 72.5 cm³/mol. The van der Waals surface area contributed by atoms with Gasteiger partial charge in [-0.05, 0) is 12.5 Å². The zero-order valence-electron chi connectivity index (χ0n) is 11.5. The molecule has 1 aromatic carbocycles. The Labute approximate surface area is 113 Å². The third-order valence-electron chi connectivity index (χ3n) is 2.66. The lowest BCUT2D eigenvalue weighted by atomic mass is 10.1. The molecule has 0 aliphatic heterocycles. The molecule has 1 unspecified atom stereocenters. The van der Waals surface area contributed by atoms with Crippen LogP contribution in [0.3, 0.4) is 0 Å². The smallest absolute Gasteiger partial charge is 0.329 e. The fourth-order valence-corrected chi connectivity index (χ4v) is 1.65. The number of hydrogen-bond acceptors (Lipinski definition) is 4. The highest BCUT2D eigenvalue weighted by atomic mass is 16.5. The van der Waals surface area contributed by atoms with Gasteiger partial charge in [-0.15, -0.1) is 0 Å². The molecule has 1 aromatic rings. The summed E-state index contributed by atoms with van der Waals surface area (Å²) in [5.74, 6) is -0.709. The maximum atomic E-state index is 11.5. The third-order valence-corrected chi connectivity index (χ3v) is 2.66. The van der Waals surface area contributed by atoms with Crippen LogP contribution in [0.1, 0.15) is 18.1 Å². The zero-order valence-corrected chi connectivity index (χ0v) is 11.5. The van der Waals surface area contributed by atoms with E-state index in [9.17, 15) is 9.59 Å². The van der Waals surface area contributed by atoms with Gasteiger partial charge in [0.05, 0.1) is 7.11 Å². The van der Waals surface area contributed by atoms with Gasteiger partial charge in [0.1, 0.15) is 6.04 Å². The van der Waals surface area contributed by atoms with E-state index in [2.05, 4.69) is 15.4 Å². The van der Waals surface area contributed by atoms with Crippen molar-refractivity contribution in [2.24, 2.45) is 0 Å². The van der Waals surface area contributed by atoms with Crippen LogP contribution in [0.25, 0.3) is 0 Å². The van der Waals surface area contributed by atoms with Crippen molar-refractivity contribution in [3.8, 4) is 0 Å². The average Bonchev–Trinajstić information content (AvgIpc) is 2.38. The minimum absolute atomic E-state index is 0.257. The summed E-state index contributed by atoms with van der Waals surface area (Å²) in [6.07, 6.45) is 0. The second kappa shape index (κ2) is 7.53. The summed E-state index contributed by atoms with van der Waals surface area (Å²) in [7, 11) is 1.30. The topological polar surface area (TPSA) is 67.4 Å². The average molecular weight is 264 g/mol. The van der Waals surface area contributed by atoms with Gasteiger partial charge in [0.25, 0.3) is 0 Å². The Morgan fingerprint density at radius 3 is 2.42 bits per heavy atom. The zero-order chi connectivity index (χ0) is 14.3. The van der Waals surface area contributed by atoms with Gasteiger partial charge in [-0.2, -0.15) is 0 Å². The van der Waals surface area contributed by atoms with Gasteiger partial charge < -0.3 is 15.4 Å². The van der Waals surface area contributed by atoms with Crippen LogP contribution in [-0.4, -0.2) is 31.6 Å². The van der Waals surface area contributed by atoms with Crippen LogP contribution in [0, 0.1) is 6.92 Å². The van der Waals surface area contributed by atoms with Crippen molar-refractivity contribution in [2.45, 2.75) is 26.4 Å². The lowest BCUT2D eigenvalue weighted by Crippen LogP contribution is -2.46. The minimum Gasteiger partial charge on any atom is -0.467 e. The van der Waals surface area contributed by atoms with Crippen molar-refractivity contribution in [3.63, 3.8) is 0 Å². The first-order chi connectivity index (χ1) is 9.02. The normalized spacial score (nSPS) is 11.7. The second-order valence-electron chi connectivity index (χ2n) is 4.39. The van der Waals surface area contributed by atoms with Crippen molar-refractivity contribution in [1.82, 2.24) is 10.6 Å². The number of ether oxygens (including phenoxy) is 1. The molecule has 5 nitrogen and oxygen atoms in total. The molecular weight excluding hydrogens is 244 g/mol. The lowest BCUT2D eigenvalue weighted by Gasteiger charge is -2.16.